The van der Waals surface area contributed by atoms with Crippen LogP contribution in [-0.2, 0) is 11.3 Å². The van der Waals surface area contributed by atoms with E-state index in [4.69, 9.17) is 21.1 Å². The quantitative estimate of drug-likeness (QED) is 0.776. The molecular weight excluding hydrogens is 262 g/mol. The third-order valence-electron chi connectivity index (χ3n) is 2.60. The first-order valence-electron chi connectivity index (χ1n) is 6.58. The van der Waals surface area contributed by atoms with E-state index in [9.17, 15) is 0 Å². The summed E-state index contributed by atoms with van der Waals surface area (Å²) >= 11 is 6.21. The van der Waals surface area contributed by atoms with Gasteiger partial charge in [-0.3, -0.25) is 0 Å². The molecule has 0 aliphatic rings. The second-order valence-corrected chi connectivity index (χ2v) is 5.93. The predicted molar refractivity (Wildman–Crippen MR) is 80.0 cm³/mol. The van der Waals surface area contributed by atoms with Gasteiger partial charge in [-0.15, -0.1) is 0 Å². The first-order chi connectivity index (χ1) is 8.94. The van der Waals surface area contributed by atoms with Crippen molar-refractivity contribution in [2.24, 2.45) is 0 Å². The highest BCUT2D eigenvalue weighted by molar-refractivity contribution is 6.32. The summed E-state index contributed by atoms with van der Waals surface area (Å²) in [4.78, 5) is 0. The molecule has 0 aliphatic heterocycles. The van der Waals surface area contributed by atoms with E-state index in [1.54, 1.807) is 7.11 Å². The van der Waals surface area contributed by atoms with Crippen LogP contribution < -0.4 is 10.1 Å². The van der Waals surface area contributed by atoms with Crippen molar-refractivity contribution < 1.29 is 9.47 Å². The Bertz CT molecular complexity index is 388. The van der Waals surface area contributed by atoms with Crippen LogP contribution >= 0.6 is 11.6 Å². The lowest BCUT2D eigenvalue weighted by Crippen LogP contribution is -2.35. The second-order valence-electron chi connectivity index (χ2n) is 5.53. The predicted octanol–water partition coefficient (Wildman–Crippen LogP) is 3.64. The number of para-hydroxylation sites is 1. The minimum atomic E-state index is 0.0651. The third-order valence-corrected chi connectivity index (χ3v) is 2.89. The van der Waals surface area contributed by atoms with E-state index >= 15 is 0 Å². The molecule has 0 bridgehead atoms. The van der Waals surface area contributed by atoms with E-state index in [0.29, 0.717) is 18.2 Å². The van der Waals surface area contributed by atoms with E-state index in [1.165, 1.54) is 0 Å². The summed E-state index contributed by atoms with van der Waals surface area (Å²) < 4.78 is 10.8. The maximum Gasteiger partial charge on any atom is 0.142 e. The molecule has 19 heavy (non-hydrogen) atoms. The smallest absolute Gasteiger partial charge is 0.142 e. The highest BCUT2D eigenvalue weighted by Gasteiger charge is 2.13. The molecular formula is C15H24ClNO2. The molecule has 0 spiro atoms. The molecule has 0 heterocycles. The van der Waals surface area contributed by atoms with Crippen LogP contribution in [0.4, 0.5) is 0 Å². The molecule has 0 saturated heterocycles. The van der Waals surface area contributed by atoms with E-state index in [2.05, 4.69) is 26.1 Å². The maximum atomic E-state index is 6.21. The van der Waals surface area contributed by atoms with Crippen molar-refractivity contribution >= 4 is 11.6 Å². The van der Waals surface area contributed by atoms with Gasteiger partial charge in [-0.1, -0.05) is 23.7 Å². The van der Waals surface area contributed by atoms with Crippen molar-refractivity contribution in [3.63, 3.8) is 0 Å². The van der Waals surface area contributed by atoms with E-state index in [0.717, 1.165) is 24.3 Å². The summed E-state index contributed by atoms with van der Waals surface area (Å²) in [6, 6.07) is 5.84. The Morgan fingerprint density at radius 3 is 2.58 bits per heavy atom. The van der Waals surface area contributed by atoms with E-state index in [1.807, 2.05) is 18.2 Å². The van der Waals surface area contributed by atoms with Gasteiger partial charge in [-0.25, -0.2) is 0 Å². The molecule has 108 valence electrons. The monoisotopic (exact) mass is 285 g/mol. The fourth-order valence-electron chi connectivity index (χ4n) is 1.59. The number of rotatable bonds is 7. The Kier molecular flexibility index (Phi) is 6.63. The van der Waals surface area contributed by atoms with Gasteiger partial charge in [-0.2, -0.15) is 0 Å². The van der Waals surface area contributed by atoms with Crippen LogP contribution in [0.5, 0.6) is 5.75 Å². The van der Waals surface area contributed by atoms with Crippen molar-refractivity contribution in [2.45, 2.75) is 39.3 Å². The van der Waals surface area contributed by atoms with Gasteiger partial charge in [0.25, 0.3) is 0 Å². The fourth-order valence-corrected chi connectivity index (χ4v) is 1.84. The first kappa shape index (κ1) is 16.3. The lowest BCUT2D eigenvalue weighted by Gasteiger charge is -2.22. The van der Waals surface area contributed by atoms with Gasteiger partial charge >= 0.3 is 0 Å². The van der Waals surface area contributed by atoms with Crippen molar-refractivity contribution in [3.8, 4) is 5.75 Å². The molecule has 0 aromatic heterocycles. The topological polar surface area (TPSA) is 30.5 Å². The average Bonchev–Trinajstić information content (AvgIpc) is 2.33. The third kappa shape index (κ3) is 6.28. The Balaban J connectivity index is 2.66. The number of methoxy groups -OCH3 is 1. The molecule has 1 rings (SSSR count). The summed E-state index contributed by atoms with van der Waals surface area (Å²) in [7, 11) is 1.69. The summed E-state index contributed by atoms with van der Waals surface area (Å²) in [5, 5.41) is 4.10. The van der Waals surface area contributed by atoms with Gasteiger partial charge in [0.05, 0.1) is 11.6 Å². The highest BCUT2D eigenvalue weighted by Crippen LogP contribution is 2.29. The zero-order valence-corrected chi connectivity index (χ0v) is 13.0. The number of hydrogen-bond donors (Lipinski definition) is 1. The fraction of sp³-hybridized carbons (Fsp3) is 0.600. The van der Waals surface area contributed by atoms with Crippen LogP contribution in [0.2, 0.25) is 5.02 Å². The minimum absolute atomic E-state index is 0.0651. The number of benzene rings is 1. The largest absolute Gasteiger partial charge is 0.492 e. The Labute approximate surface area is 121 Å². The van der Waals surface area contributed by atoms with Crippen LogP contribution in [-0.4, -0.2) is 25.9 Å². The summed E-state index contributed by atoms with van der Waals surface area (Å²) in [5.41, 5.74) is 1.15. The van der Waals surface area contributed by atoms with E-state index < -0.39 is 0 Å². The molecule has 0 aliphatic carbocycles. The first-order valence-corrected chi connectivity index (χ1v) is 6.96. The molecule has 0 radical (unpaired) electrons. The Morgan fingerprint density at radius 1 is 1.21 bits per heavy atom. The summed E-state index contributed by atoms with van der Waals surface area (Å²) in [6.07, 6.45) is 0.855. The molecule has 0 amide bonds. The van der Waals surface area contributed by atoms with Crippen molar-refractivity contribution in [3.05, 3.63) is 28.8 Å². The van der Waals surface area contributed by atoms with Gasteiger partial charge in [0.15, 0.2) is 0 Å². The molecule has 4 heteroatoms. The molecule has 1 aromatic rings. The molecule has 1 N–H and O–H groups in total. The van der Waals surface area contributed by atoms with Crippen molar-refractivity contribution in [1.29, 1.82) is 0 Å². The Morgan fingerprint density at radius 2 is 1.95 bits per heavy atom. The van der Waals surface area contributed by atoms with Crippen LogP contribution in [0, 0.1) is 0 Å². The average molecular weight is 286 g/mol. The Hall–Kier alpha value is -0.770. The van der Waals surface area contributed by atoms with Crippen LogP contribution in [0.3, 0.4) is 0 Å². The molecule has 0 saturated carbocycles. The molecule has 0 unspecified atom stereocenters. The van der Waals surface area contributed by atoms with E-state index in [-0.39, 0.29) is 5.54 Å². The van der Waals surface area contributed by atoms with Crippen LogP contribution in [0.1, 0.15) is 32.8 Å². The summed E-state index contributed by atoms with van der Waals surface area (Å²) in [6.45, 7) is 8.45. The molecule has 0 fully saturated rings. The SMILES string of the molecule is COCCCOc1c(Cl)cccc1CNC(C)(C)C. The molecule has 3 nitrogen and oxygen atoms in total. The zero-order valence-electron chi connectivity index (χ0n) is 12.3. The highest BCUT2D eigenvalue weighted by atomic mass is 35.5. The second kappa shape index (κ2) is 7.73. The molecule has 0 atom stereocenters. The van der Waals surface area contributed by atoms with Gasteiger partial charge < -0.3 is 14.8 Å². The molecule has 1 aromatic carbocycles. The summed E-state index contributed by atoms with van der Waals surface area (Å²) in [5.74, 6) is 0.775. The maximum absolute atomic E-state index is 6.21. The van der Waals surface area contributed by atoms with Gasteiger partial charge in [0.1, 0.15) is 5.75 Å². The number of hydrogen-bond acceptors (Lipinski definition) is 3. The lowest BCUT2D eigenvalue weighted by molar-refractivity contribution is 0.171. The van der Waals surface area contributed by atoms with Crippen LogP contribution in [0.15, 0.2) is 18.2 Å². The van der Waals surface area contributed by atoms with Gasteiger partial charge in [0.2, 0.25) is 0 Å². The zero-order chi connectivity index (χ0) is 14.3. The number of nitrogens with one attached hydrogen (secondary N) is 1. The minimum Gasteiger partial charge on any atom is -0.492 e. The lowest BCUT2D eigenvalue weighted by atomic mass is 10.1. The number of ether oxygens (including phenoxy) is 2. The standard InChI is InChI=1S/C15H24ClNO2/c1-15(2,3)17-11-12-7-5-8-13(16)14(12)19-10-6-9-18-4/h5,7-8,17H,6,9-11H2,1-4H3. The van der Waals surface area contributed by atoms with Crippen molar-refractivity contribution in [1.82, 2.24) is 5.32 Å². The van der Waals surface area contributed by atoms with Crippen LogP contribution in [0.25, 0.3) is 0 Å². The van der Waals surface area contributed by atoms with Gasteiger partial charge in [-0.05, 0) is 26.8 Å². The van der Waals surface area contributed by atoms with Crippen molar-refractivity contribution in [2.75, 3.05) is 20.3 Å². The van der Waals surface area contributed by atoms with Gasteiger partial charge in [0, 0.05) is 37.8 Å². The number of halogens is 1. The normalized spacial score (nSPS) is 11.6.